The maximum atomic E-state index is 5.82. The standard InChI is InChI=1S/C12H17N3S/c1-9(13)6-12-4-3-5-15(12)7-11-8-16-10(2)14-11/h3-5,8-9H,6-7,13H2,1-2H3. The minimum absolute atomic E-state index is 0.200. The van der Waals surface area contributed by atoms with Gasteiger partial charge in [0.25, 0.3) is 0 Å². The summed E-state index contributed by atoms with van der Waals surface area (Å²) in [6, 6.07) is 4.39. The molecule has 0 fully saturated rings. The van der Waals surface area contributed by atoms with E-state index in [0.717, 1.165) is 23.7 Å². The van der Waals surface area contributed by atoms with Crippen LogP contribution in [-0.4, -0.2) is 15.6 Å². The second-order valence-electron chi connectivity index (χ2n) is 4.17. The molecule has 0 radical (unpaired) electrons. The normalized spacial score (nSPS) is 12.9. The fourth-order valence-corrected chi connectivity index (χ4v) is 2.38. The molecule has 2 heterocycles. The van der Waals surface area contributed by atoms with Gasteiger partial charge in [-0.1, -0.05) is 0 Å². The van der Waals surface area contributed by atoms with Crippen molar-refractivity contribution in [2.45, 2.75) is 32.9 Å². The minimum atomic E-state index is 0.200. The maximum Gasteiger partial charge on any atom is 0.0898 e. The van der Waals surface area contributed by atoms with Gasteiger partial charge in [-0.25, -0.2) is 4.98 Å². The Kier molecular flexibility index (Phi) is 3.41. The van der Waals surface area contributed by atoms with Crippen molar-refractivity contribution in [3.8, 4) is 0 Å². The topological polar surface area (TPSA) is 43.8 Å². The van der Waals surface area contributed by atoms with E-state index >= 15 is 0 Å². The lowest BCUT2D eigenvalue weighted by atomic mass is 10.2. The molecule has 86 valence electrons. The zero-order valence-corrected chi connectivity index (χ0v) is 10.5. The van der Waals surface area contributed by atoms with Gasteiger partial charge in [0.05, 0.1) is 17.2 Å². The van der Waals surface area contributed by atoms with Gasteiger partial charge in [0, 0.05) is 29.7 Å². The predicted molar refractivity (Wildman–Crippen MR) is 67.7 cm³/mol. The van der Waals surface area contributed by atoms with E-state index in [1.807, 2.05) is 13.8 Å². The van der Waals surface area contributed by atoms with Crippen molar-refractivity contribution in [3.63, 3.8) is 0 Å². The summed E-state index contributed by atoms with van der Waals surface area (Å²) >= 11 is 1.70. The predicted octanol–water partition coefficient (Wildman–Crippen LogP) is 2.19. The third-order valence-corrected chi connectivity index (χ3v) is 3.28. The van der Waals surface area contributed by atoms with E-state index in [2.05, 4.69) is 33.3 Å². The highest BCUT2D eigenvalue weighted by atomic mass is 32.1. The maximum absolute atomic E-state index is 5.82. The van der Waals surface area contributed by atoms with Crippen LogP contribution in [0.3, 0.4) is 0 Å². The zero-order valence-electron chi connectivity index (χ0n) is 9.68. The van der Waals surface area contributed by atoms with Gasteiger partial charge in [-0.3, -0.25) is 0 Å². The molecule has 0 saturated heterocycles. The summed E-state index contributed by atoms with van der Waals surface area (Å²) < 4.78 is 2.22. The van der Waals surface area contributed by atoms with E-state index in [1.165, 1.54) is 5.69 Å². The second kappa shape index (κ2) is 4.80. The van der Waals surface area contributed by atoms with Crippen LogP contribution in [0.5, 0.6) is 0 Å². The average molecular weight is 235 g/mol. The van der Waals surface area contributed by atoms with E-state index in [0.29, 0.717) is 0 Å². The molecule has 1 atom stereocenters. The Morgan fingerprint density at radius 2 is 2.38 bits per heavy atom. The lowest BCUT2D eigenvalue weighted by Gasteiger charge is -2.09. The molecular formula is C12H17N3S. The van der Waals surface area contributed by atoms with Crippen molar-refractivity contribution in [2.24, 2.45) is 5.73 Å². The molecular weight excluding hydrogens is 218 g/mol. The van der Waals surface area contributed by atoms with Crippen molar-refractivity contribution in [2.75, 3.05) is 0 Å². The Balaban J connectivity index is 2.12. The first kappa shape index (κ1) is 11.4. The van der Waals surface area contributed by atoms with Crippen molar-refractivity contribution in [1.82, 2.24) is 9.55 Å². The van der Waals surface area contributed by atoms with Crippen LogP contribution in [-0.2, 0) is 13.0 Å². The molecule has 0 spiro atoms. The number of nitrogens with two attached hydrogens (primary N) is 1. The molecule has 0 aliphatic rings. The quantitative estimate of drug-likeness (QED) is 0.883. The highest BCUT2D eigenvalue weighted by Crippen LogP contribution is 2.12. The number of aryl methyl sites for hydroxylation is 1. The zero-order chi connectivity index (χ0) is 11.5. The lowest BCUT2D eigenvalue weighted by molar-refractivity contribution is 0.661. The molecule has 1 unspecified atom stereocenters. The van der Waals surface area contributed by atoms with Crippen molar-refractivity contribution in [1.29, 1.82) is 0 Å². The van der Waals surface area contributed by atoms with Crippen molar-refractivity contribution >= 4 is 11.3 Å². The summed E-state index contributed by atoms with van der Waals surface area (Å²) in [6.07, 6.45) is 3.00. The highest BCUT2D eigenvalue weighted by Gasteiger charge is 2.05. The molecule has 0 aromatic carbocycles. The third kappa shape index (κ3) is 2.71. The van der Waals surface area contributed by atoms with Gasteiger partial charge < -0.3 is 10.3 Å². The fraction of sp³-hybridized carbons (Fsp3) is 0.417. The molecule has 16 heavy (non-hydrogen) atoms. The van der Waals surface area contributed by atoms with Gasteiger partial charge in [0.15, 0.2) is 0 Å². The molecule has 0 bridgehead atoms. The summed E-state index contributed by atoms with van der Waals surface area (Å²) in [5, 5.41) is 3.24. The largest absolute Gasteiger partial charge is 0.345 e. The van der Waals surface area contributed by atoms with Gasteiger partial charge in [0.1, 0.15) is 0 Å². The van der Waals surface area contributed by atoms with Crippen LogP contribution < -0.4 is 5.73 Å². The molecule has 3 nitrogen and oxygen atoms in total. The lowest BCUT2D eigenvalue weighted by Crippen LogP contribution is -2.20. The molecule has 0 saturated carbocycles. The van der Waals surface area contributed by atoms with Crippen LogP contribution in [0.1, 0.15) is 23.3 Å². The number of hydrogen-bond donors (Lipinski definition) is 1. The Hall–Kier alpha value is -1.13. The van der Waals surface area contributed by atoms with Gasteiger partial charge in [0.2, 0.25) is 0 Å². The molecule has 0 aliphatic carbocycles. The molecule has 0 amide bonds. The Labute approximate surface area is 99.9 Å². The van der Waals surface area contributed by atoms with E-state index in [9.17, 15) is 0 Å². The number of thiazole rings is 1. The van der Waals surface area contributed by atoms with E-state index in [4.69, 9.17) is 5.73 Å². The van der Waals surface area contributed by atoms with Gasteiger partial charge in [-0.05, 0) is 26.0 Å². The first-order valence-corrected chi connectivity index (χ1v) is 6.33. The first-order valence-electron chi connectivity index (χ1n) is 5.46. The SMILES string of the molecule is Cc1nc(Cn2cccc2CC(C)N)cs1. The highest BCUT2D eigenvalue weighted by molar-refractivity contribution is 7.09. The Morgan fingerprint density at radius 3 is 3.00 bits per heavy atom. The van der Waals surface area contributed by atoms with Crippen molar-refractivity contribution in [3.05, 3.63) is 40.1 Å². The second-order valence-corrected chi connectivity index (χ2v) is 5.23. The summed E-state index contributed by atoms with van der Waals surface area (Å²) in [5.41, 5.74) is 8.23. The molecule has 2 rings (SSSR count). The third-order valence-electron chi connectivity index (χ3n) is 2.45. The van der Waals surface area contributed by atoms with E-state index in [1.54, 1.807) is 11.3 Å². The Bertz CT molecular complexity index is 456. The van der Waals surface area contributed by atoms with Crippen LogP contribution in [0.15, 0.2) is 23.7 Å². The number of hydrogen-bond acceptors (Lipinski definition) is 3. The number of nitrogens with zero attached hydrogens (tertiary/aromatic N) is 2. The van der Waals surface area contributed by atoms with Crippen LogP contribution in [0.2, 0.25) is 0 Å². The smallest absolute Gasteiger partial charge is 0.0898 e. The first-order chi connectivity index (χ1) is 7.65. The fourth-order valence-electron chi connectivity index (χ4n) is 1.77. The van der Waals surface area contributed by atoms with Crippen LogP contribution in [0.25, 0.3) is 0 Å². The molecule has 2 aromatic heterocycles. The van der Waals surface area contributed by atoms with Gasteiger partial charge >= 0.3 is 0 Å². The summed E-state index contributed by atoms with van der Waals surface area (Å²) in [4.78, 5) is 4.47. The van der Waals surface area contributed by atoms with Crippen LogP contribution in [0.4, 0.5) is 0 Å². The molecule has 4 heteroatoms. The summed E-state index contributed by atoms with van der Waals surface area (Å²) in [5.74, 6) is 0. The minimum Gasteiger partial charge on any atom is -0.345 e. The monoisotopic (exact) mass is 235 g/mol. The average Bonchev–Trinajstić information content (AvgIpc) is 2.77. The number of rotatable bonds is 4. The van der Waals surface area contributed by atoms with Crippen LogP contribution >= 0.6 is 11.3 Å². The van der Waals surface area contributed by atoms with Gasteiger partial charge in [-0.2, -0.15) is 0 Å². The summed E-state index contributed by atoms with van der Waals surface area (Å²) in [7, 11) is 0. The molecule has 2 N–H and O–H groups in total. The number of aromatic nitrogens is 2. The summed E-state index contributed by atoms with van der Waals surface area (Å²) in [6.45, 7) is 4.91. The molecule has 2 aromatic rings. The Morgan fingerprint density at radius 1 is 1.56 bits per heavy atom. The van der Waals surface area contributed by atoms with Crippen molar-refractivity contribution < 1.29 is 0 Å². The van der Waals surface area contributed by atoms with E-state index < -0.39 is 0 Å². The molecule has 0 aliphatic heterocycles. The van der Waals surface area contributed by atoms with Crippen LogP contribution in [0, 0.1) is 6.92 Å². The van der Waals surface area contributed by atoms with Gasteiger partial charge in [-0.15, -0.1) is 11.3 Å². The van der Waals surface area contributed by atoms with E-state index in [-0.39, 0.29) is 6.04 Å².